The van der Waals surface area contributed by atoms with Crippen molar-refractivity contribution in [1.29, 1.82) is 0 Å². The zero-order chi connectivity index (χ0) is 20.8. The first-order valence-electron chi connectivity index (χ1n) is 9.05. The molecular formula is C22H23N3O3S. The van der Waals surface area contributed by atoms with Crippen LogP contribution in [-0.2, 0) is 4.79 Å². The van der Waals surface area contributed by atoms with Gasteiger partial charge in [0.05, 0.1) is 31.7 Å². The maximum Gasteiger partial charge on any atom is 0.250 e. The summed E-state index contributed by atoms with van der Waals surface area (Å²) in [5.74, 6) is 1.23. The topological polar surface area (TPSA) is 72.8 Å². The lowest BCUT2D eigenvalue weighted by Crippen LogP contribution is -2.19. The van der Waals surface area contributed by atoms with Crippen molar-refractivity contribution in [3.8, 4) is 11.5 Å². The van der Waals surface area contributed by atoms with Crippen LogP contribution in [0.4, 0.5) is 0 Å². The van der Waals surface area contributed by atoms with E-state index in [1.807, 2.05) is 44.2 Å². The molecule has 1 aromatic heterocycles. The fraction of sp³-hybridized carbons (Fsp3) is 0.227. The lowest BCUT2D eigenvalue weighted by Gasteiger charge is -2.09. The summed E-state index contributed by atoms with van der Waals surface area (Å²) >= 11 is 1.47. The number of fused-ring (bicyclic) bond motifs is 1. The molecular weight excluding hydrogens is 386 g/mol. The second-order valence-corrected chi connectivity index (χ2v) is 7.46. The van der Waals surface area contributed by atoms with Crippen molar-refractivity contribution in [2.24, 2.45) is 5.10 Å². The van der Waals surface area contributed by atoms with Gasteiger partial charge in [0.2, 0.25) is 5.91 Å². The molecule has 1 N–H and O–H groups in total. The van der Waals surface area contributed by atoms with E-state index >= 15 is 0 Å². The van der Waals surface area contributed by atoms with Crippen LogP contribution < -0.4 is 14.9 Å². The number of thioether (sulfide) groups is 1. The number of amides is 1. The minimum Gasteiger partial charge on any atom is -0.493 e. The van der Waals surface area contributed by atoms with Crippen LogP contribution in [0.1, 0.15) is 16.8 Å². The molecule has 150 valence electrons. The Kier molecular flexibility index (Phi) is 6.72. The van der Waals surface area contributed by atoms with Crippen molar-refractivity contribution >= 4 is 34.8 Å². The Balaban J connectivity index is 1.66. The molecule has 0 spiro atoms. The summed E-state index contributed by atoms with van der Waals surface area (Å²) in [6.07, 6.45) is 1.54. The van der Waals surface area contributed by atoms with Gasteiger partial charge in [-0.1, -0.05) is 17.7 Å². The molecule has 3 aromatic rings. The molecule has 0 radical (unpaired) electrons. The van der Waals surface area contributed by atoms with Gasteiger partial charge >= 0.3 is 0 Å². The number of ether oxygens (including phenoxy) is 2. The van der Waals surface area contributed by atoms with Crippen molar-refractivity contribution in [1.82, 2.24) is 10.4 Å². The second kappa shape index (κ2) is 9.43. The van der Waals surface area contributed by atoms with Crippen LogP contribution in [0.3, 0.4) is 0 Å². The Morgan fingerprint density at radius 3 is 2.76 bits per heavy atom. The van der Waals surface area contributed by atoms with Crippen molar-refractivity contribution in [3.05, 3.63) is 59.3 Å². The molecule has 0 saturated heterocycles. The highest BCUT2D eigenvalue weighted by molar-refractivity contribution is 8.00. The third-order valence-corrected chi connectivity index (χ3v) is 5.29. The number of pyridine rings is 1. The minimum atomic E-state index is -0.191. The lowest BCUT2D eigenvalue weighted by atomic mass is 10.1. The van der Waals surface area contributed by atoms with Crippen LogP contribution in [0.2, 0.25) is 0 Å². The lowest BCUT2D eigenvalue weighted by molar-refractivity contribution is -0.118. The first-order valence-corrected chi connectivity index (χ1v) is 10.0. The SMILES string of the molecule is COc1cccc(C=NNC(=O)CSc2cc(C)nc3ccc(C)cc23)c1OC. The van der Waals surface area contributed by atoms with Crippen molar-refractivity contribution in [2.45, 2.75) is 18.7 Å². The van der Waals surface area contributed by atoms with Gasteiger partial charge in [0.15, 0.2) is 11.5 Å². The molecule has 1 heterocycles. The van der Waals surface area contributed by atoms with Crippen LogP contribution in [0, 0.1) is 13.8 Å². The van der Waals surface area contributed by atoms with E-state index in [9.17, 15) is 4.79 Å². The normalized spacial score (nSPS) is 11.0. The zero-order valence-electron chi connectivity index (χ0n) is 16.9. The molecule has 0 aliphatic rings. The fourth-order valence-electron chi connectivity index (χ4n) is 2.92. The molecule has 1 amide bonds. The van der Waals surface area contributed by atoms with E-state index in [0.29, 0.717) is 17.1 Å². The third-order valence-electron chi connectivity index (χ3n) is 4.24. The van der Waals surface area contributed by atoms with Crippen LogP contribution >= 0.6 is 11.8 Å². The molecule has 0 unspecified atom stereocenters. The Hall–Kier alpha value is -3.06. The summed E-state index contributed by atoms with van der Waals surface area (Å²) in [6.45, 7) is 4.00. The number of hydrogen-bond acceptors (Lipinski definition) is 6. The van der Waals surface area contributed by atoms with Crippen LogP contribution in [0.5, 0.6) is 11.5 Å². The van der Waals surface area contributed by atoms with E-state index in [0.717, 1.165) is 27.1 Å². The molecule has 0 fully saturated rings. The maximum atomic E-state index is 12.3. The summed E-state index contributed by atoms with van der Waals surface area (Å²) in [4.78, 5) is 17.8. The maximum absolute atomic E-state index is 12.3. The Morgan fingerprint density at radius 2 is 2.00 bits per heavy atom. The summed E-state index contributed by atoms with van der Waals surface area (Å²) in [5, 5.41) is 5.10. The van der Waals surface area contributed by atoms with Gasteiger partial charge in [-0.15, -0.1) is 11.8 Å². The first kappa shape index (κ1) is 20.7. The Labute approximate surface area is 174 Å². The number of methoxy groups -OCH3 is 2. The van der Waals surface area contributed by atoms with Crippen molar-refractivity contribution < 1.29 is 14.3 Å². The van der Waals surface area contributed by atoms with Gasteiger partial charge in [0.1, 0.15) is 0 Å². The highest BCUT2D eigenvalue weighted by atomic mass is 32.2. The summed E-state index contributed by atoms with van der Waals surface area (Å²) in [7, 11) is 3.14. The number of hydrazone groups is 1. The second-order valence-electron chi connectivity index (χ2n) is 6.45. The Bertz CT molecular complexity index is 1070. The Morgan fingerprint density at radius 1 is 1.17 bits per heavy atom. The van der Waals surface area contributed by atoms with Gasteiger partial charge in [-0.25, -0.2) is 5.43 Å². The quantitative estimate of drug-likeness (QED) is 0.361. The molecule has 29 heavy (non-hydrogen) atoms. The molecule has 0 atom stereocenters. The number of carbonyl (C=O) groups excluding carboxylic acids is 1. The summed E-state index contributed by atoms with van der Waals surface area (Å²) in [5.41, 5.74) is 6.29. The average Bonchev–Trinajstić information content (AvgIpc) is 2.72. The smallest absolute Gasteiger partial charge is 0.250 e. The van der Waals surface area contributed by atoms with Gasteiger partial charge in [0, 0.05) is 21.5 Å². The predicted molar refractivity (Wildman–Crippen MR) is 117 cm³/mol. The van der Waals surface area contributed by atoms with Crippen molar-refractivity contribution in [2.75, 3.05) is 20.0 Å². The standard InChI is InChI=1S/C22H23N3O3S/c1-14-8-9-18-17(10-14)20(11-15(2)24-18)29-13-21(26)25-23-12-16-6-5-7-19(27-3)22(16)28-4/h5-12H,13H2,1-4H3,(H,25,26). The number of carbonyl (C=O) groups is 1. The molecule has 6 nitrogen and oxygen atoms in total. The van der Waals surface area contributed by atoms with E-state index in [1.165, 1.54) is 11.8 Å². The van der Waals surface area contributed by atoms with Crippen molar-refractivity contribution in [3.63, 3.8) is 0 Å². The zero-order valence-corrected chi connectivity index (χ0v) is 17.7. The average molecular weight is 410 g/mol. The van der Waals surface area contributed by atoms with E-state index in [2.05, 4.69) is 21.6 Å². The molecule has 0 saturated carbocycles. The highest BCUT2D eigenvalue weighted by Gasteiger charge is 2.09. The predicted octanol–water partition coefficient (Wildman–Crippen LogP) is 4.11. The number of aryl methyl sites for hydroxylation is 2. The van der Waals surface area contributed by atoms with E-state index < -0.39 is 0 Å². The fourth-order valence-corrected chi connectivity index (χ4v) is 3.84. The number of nitrogens with zero attached hydrogens (tertiary/aromatic N) is 2. The minimum absolute atomic E-state index is 0.191. The molecule has 7 heteroatoms. The van der Waals surface area contributed by atoms with Gasteiger partial charge < -0.3 is 9.47 Å². The molecule has 3 rings (SSSR count). The van der Waals surface area contributed by atoms with E-state index in [-0.39, 0.29) is 11.7 Å². The van der Waals surface area contributed by atoms with Crippen LogP contribution in [0.25, 0.3) is 10.9 Å². The number of rotatable bonds is 7. The molecule has 0 aliphatic carbocycles. The summed E-state index contributed by atoms with van der Waals surface area (Å²) < 4.78 is 10.6. The molecule has 0 bridgehead atoms. The van der Waals surface area contributed by atoms with Gasteiger partial charge in [0.25, 0.3) is 0 Å². The number of para-hydroxylation sites is 1. The van der Waals surface area contributed by atoms with Gasteiger partial charge in [-0.3, -0.25) is 9.78 Å². The highest BCUT2D eigenvalue weighted by Crippen LogP contribution is 2.30. The molecule has 0 aliphatic heterocycles. The largest absolute Gasteiger partial charge is 0.493 e. The number of aromatic nitrogens is 1. The van der Waals surface area contributed by atoms with E-state index in [4.69, 9.17) is 9.47 Å². The van der Waals surface area contributed by atoms with Gasteiger partial charge in [-0.2, -0.15) is 5.10 Å². The number of nitrogens with one attached hydrogen (secondary N) is 1. The summed E-state index contributed by atoms with van der Waals surface area (Å²) in [6, 6.07) is 13.6. The third kappa shape index (κ3) is 5.06. The van der Waals surface area contributed by atoms with E-state index in [1.54, 1.807) is 26.5 Å². The first-order chi connectivity index (χ1) is 14.0. The number of benzene rings is 2. The van der Waals surface area contributed by atoms with Crippen LogP contribution in [-0.4, -0.2) is 37.1 Å². The number of hydrogen-bond donors (Lipinski definition) is 1. The van der Waals surface area contributed by atoms with Gasteiger partial charge in [-0.05, 0) is 44.2 Å². The monoisotopic (exact) mass is 409 g/mol. The van der Waals surface area contributed by atoms with Crippen LogP contribution in [0.15, 0.2) is 52.5 Å². The molecule has 2 aromatic carbocycles.